The van der Waals surface area contributed by atoms with Crippen LogP contribution in [0.2, 0.25) is 0 Å². The Labute approximate surface area is 96.0 Å². The summed E-state index contributed by atoms with van der Waals surface area (Å²) >= 11 is 0. The van der Waals surface area contributed by atoms with Crippen LogP contribution in [0.1, 0.15) is 32.4 Å². The van der Waals surface area contributed by atoms with Gasteiger partial charge in [-0.15, -0.1) is 0 Å². The topological polar surface area (TPSA) is 51.2 Å². The monoisotopic (exact) mass is 222 g/mol. The van der Waals surface area contributed by atoms with E-state index in [-0.39, 0.29) is 11.9 Å². The summed E-state index contributed by atoms with van der Waals surface area (Å²) < 4.78 is 5.11. The first kappa shape index (κ1) is 12.6. The number of hydrogen-bond acceptors (Lipinski definition) is 3. The Morgan fingerprint density at radius 1 is 1.44 bits per heavy atom. The third-order valence-electron chi connectivity index (χ3n) is 2.61. The average Bonchev–Trinajstić information content (AvgIpc) is 2.30. The van der Waals surface area contributed by atoms with Crippen molar-refractivity contribution >= 4 is 5.91 Å². The molecule has 0 aromatic carbocycles. The van der Waals surface area contributed by atoms with E-state index >= 15 is 0 Å². The van der Waals surface area contributed by atoms with Crippen molar-refractivity contribution in [2.45, 2.75) is 32.4 Å². The lowest BCUT2D eigenvalue weighted by Crippen LogP contribution is -2.44. The molecule has 1 atom stereocenters. The summed E-state index contributed by atoms with van der Waals surface area (Å²) in [6.07, 6.45) is 3.42. The molecule has 0 saturated heterocycles. The van der Waals surface area contributed by atoms with E-state index in [1.165, 1.54) is 7.11 Å². The van der Waals surface area contributed by atoms with E-state index in [9.17, 15) is 4.79 Å². The lowest BCUT2D eigenvalue weighted by molar-refractivity contribution is -0.140. The van der Waals surface area contributed by atoms with E-state index in [2.05, 4.69) is 10.3 Å². The molecule has 0 aliphatic carbocycles. The van der Waals surface area contributed by atoms with Crippen LogP contribution in [0.5, 0.6) is 0 Å². The highest BCUT2D eigenvalue weighted by molar-refractivity contribution is 5.84. The van der Waals surface area contributed by atoms with Gasteiger partial charge in [-0.25, -0.2) is 0 Å². The molecule has 16 heavy (non-hydrogen) atoms. The molecular formula is C12H18N2O2. The molecule has 88 valence electrons. The van der Waals surface area contributed by atoms with Crippen LogP contribution in [0, 0.1) is 0 Å². The highest BCUT2D eigenvalue weighted by Gasteiger charge is 2.27. The van der Waals surface area contributed by atoms with E-state index in [1.54, 1.807) is 26.2 Å². The Hall–Kier alpha value is -1.42. The summed E-state index contributed by atoms with van der Waals surface area (Å²) in [5, 5.41) is 2.90. The van der Waals surface area contributed by atoms with Crippen molar-refractivity contribution in [3.8, 4) is 0 Å². The molecule has 1 amide bonds. The first-order valence-electron chi connectivity index (χ1n) is 5.23. The summed E-state index contributed by atoms with van der Waals surface area (Å²) in [4.78, 5) is 15.8. The molecule has 0 aliphatic rings. The second kappa shape index (κ2) is 5.07. The van der Waals surface area contributed by atoms with Gasteiger partial charge in [-0.1, -0.05) is 0 Å². The fraction of sp³-hybridized carbons (Fsp3) is 0.500. The largest absolute Gasteiger partial charge is 0.369 e. The average molecular weight is 222 g/mol. The number of ether oxygens (including phenoxy) is 1. The van der Waals surface area contributed by atoms with E-state index < -0.39 is 5.60 Å². The van der Waals surface area contributed by atoms with E-state index in [4.69, 9.17) is 4.74 Å². The van der Waals surface area contributed by atoms with Crippen LogP contribution in [0.4, 0.5) is 0 Å². The second-order valence-corrected chi connectivity index (χ2v) is 4.19. The summed E-state index contributed by atoms with van der Waals surface area (Å²) in [6.45, 7) is 5.40. The number of methoxy groups -OCH3 is 1. The maximum Gasteiger partial charge on any atom is 0.252 e. The Balaban J connectivity index is 2.66. The van der Waals surface area contributed by atoms with Gasteiger partial charge in [0.1, 0.15) is 5.60 Å². The Kier molecular flexibility index (Phi) is 4.01. The third-order valence-corrected chi connectivity index (χ3v) is 2.61. The molecule has 1 aromatic rings. The molecule has 0 radical (unpaired) electrons. The Morgan fingerprint density at radius 2 is 2.00 bits per heavy atom. The van der Waals surface area contributed by atoms with Gasteiger partial charge in [0.2, 0.25) is 0 Å². The lowest BCUT2D eigenvalue weighted by Gasteiger charge is -2.24. The molecule has 1 N–H and O–H groups in total. The molecular weight excluding hydrogens is 204 g/mol. The molecule has 0 unspecified atom stereocenters. The van der Waals surface area contributed by atoms with E-state index in [0.29, 0.717) is 0 Å². The van der Waals surface area contributed by atoms with Crippen molar-refractivity contribution < 1.29 is 9.53 Å². The van der Waals surface area contributed by atoms with Crippen molar-refractivity contribution in [2.24, 2.45) is 0 Å². The molecule has 0 saturated carbocycles. The molecule has 4 heteroatoms. The molecule has 0 bridgehead atoms. The maximum atomic E-state index is 11.8. The fourth-order valence-corrected chi connectivity index (χ4v) is 1.20. The summed E-state index contributed by atoms with van der Waals surface area (Å²) in [6, 6.07) is 3.71. The Bertz CT molecular complexity index is 349. The number of hydrogen-bond donors (Lipinski definition) is 1. The minimum atomic E-state index is -0.804. The first-order chi connectivity index (χ1) is 7.47. The summed E-state index contributed by atoms with van der Waals surface area (Å²) in [5.74, 6) is -0.126. The molecule has 0 fully saturated rings. The molecule has 0 aliphatic heterocycles. The van der Waals surface area contributed by atoms with Gasteiger partial charge in [0, 0.05) is 19.5 Å². The van der Waals surface area contributed by atoms with E-state index in [0.717, 1.165) is 5.56 Å². The molecule has 1 heterocycles. The highest BCUT2D eigenvalue weighted by atomic mass is 16.5. The first-order valence-corrected chi connectivity index (χ1v) is 5.23. The van der Waals surface area contributed by atoms with Crippen molar-refractivity contribution in [3.63, 3.8) is 0 Å². The van der Waals surface area contributed by atoms with Crippen molar-refractivity contribution in [2.75, 3.05) is 7.11 Å². The predicted octanol–water partition coefficient (Wildman–Crippen LogP) is 1.68. The van der Waals surface area contributed by atoms with E-state index in [1.807, 2.05) is 19.1 Å². The van der Waals surface area contributed by atoms with Gasteiger partial charge < -0.3 is 10.1 Å². The standard InChI is InChI=1S/C12H18N2O2/c1-9(10-5-7-13-8-6-10)14-11(15)12(2,3)16-4/h5-9H,1-4H3,(H,14,15)/t9-/m1/s1. The van der Waals surface area contributed by atoms with Gasteiger partial charge in [0.25, 0.3) is 5.91 Å². The number of nitrogens with zero attached hydrogens (tertiary/aromatic N) is 1. The van der Waals surface area contributed by atoms with Crippen molar-refractivity contribution in [1.82, 2.24) is 10.3 Å². The molecule has 0 spiro atoms. The summed E-state index contributed by atoms with van der Waals surface area (Å²) in [5.41, 5.74) is 0.219. The minimum Gasteiger partial charge on any atom is -0.369 e. The van der Waals surface area contributed by atoms with Crippen LogP contribution in [0.25, 0.3) is 0 Å². The SMILES string of the molecule is COC(C)(C)C(=O)N[C@H](C)c1ccncc1. The Morgan fingerprint density at radius 3 is 2.50 bits per heavy atom. The van der Waals surface area contributed by atoms with Crippen LogP contribution >= 0.6 is 0 Å². The zero-order valence-corrected chi connectivity index (χ0v) is 10.2. The van der Waals surface area contributed by atoms with Gasteiger partial charge in [-0.2, -0.15) is 0 Å². The zero-order chi connectivity index (χ0) is 12.2. The predicted molar refractivity (Wildman–Crippen MR) is 61.9 cm³/mol. The number of aromatic nitrogens is 1. The lowest BCUT2D eigenvalue weighted by atomic mass is 10.1. The smallest absolute Gasteiger partial charge is 0.252 e. The highest BCUT2D eigenvalue weighted by Crippen LogP contribution is 2.14. The maximum absolute atomic E-state index is 11.8. The fourth-order valence-electron chi connectivity index (χ4n) is 1.20. The normalized spacial score (nSPS) is 13.2. The second-order valence-electron chi connectivity index (χ2n) is 4.19. The number of nitrogens with one attached hydrogen (secondary N) is 1. The van der Waals surface area contributed by atoms with Crippen LogP contribution in [-0.4, -0.2) is 23.6 Å². The van der Waals surface area contributed by atoms with Gasteiger partial charge in [0.05, 0.1) is 6.04 Å². The number of carbonyl (C=O) groups excluding carboxylic acids is 1. The van der Waals surface area contributed by atoms with Crippen LogP contribution in [0.3, 0.4) is 0 Å². The third kappa shape index (κ3) is 3.03. The zero-order valence-electron chi connectivity index (χ0n) is 10.2. The molecule has 1 rings (SSSR count). The number of amides is 1. The van der Waals surface area contributed by atoms with Gasteiger partial charge in [0.15, 0.2) is 0 Å². The number of pyridine rings is 1. The molecule has 1 aromatic heterocycles. The van der Waals surface area contributed by atoms with Crippen LogP contribution in [-0.2, 0) is 9.53 Å². The molecule has 4 nitrogen and oxygen atoms in total. The van der Waals surface area contributed by atoms with Crippen LogP contribution in [0.15, 0.2) is 24.5 Å². The van der Waals surface area contributed by atoms with Crippen molar-refractivity contribution in [3.05, 3.63) is 30.1 Å². The van der Waals surface area contributed by atoms with Crippen molar-refractivity contribution in [1.29, 1.82) is 0 Å². The van der Waals surface area contributed by atoms with Gasteiger partial charge in [-0.3, -0.25) is 9.78 Å². The quantitative estimate of drug-likeness (QED) is 0.843. The van der Waals surface area contributed by atoms with Gasteiger partial charge in [-0.05, 0) is 38.5 Å². The number of rotatable bonds is 4. The summed E-state index contributed by atoms with van der Waals surface area (Å²) in [7, 11) is 1.52. The number of carbonyl (C=O) groups is 1. The van der Waals surface area contributed by atoms with Crippen LogP contribution < -0.4 is 5.32 Å². The minimum absolute atomic E-state index is 0.0510. The van der Waals surface area contributed by atoms with Gasteiger partial charge >= 0.3 is 0 Å².